The molecule has 0 saturated carbocycles. The third kappa shape index (κ3) is 3.45. The average Bonchev–Trinajstić information content (AvgIpc) is 2.88. The summed E-state index contributed by atoms with van der Waals surface area (Å²) in [5.74, 6) is 1.03. The van der Waals surface area contributed by atoms with Crippen LogP contribution >= 0.6 is 0 Å². The van der Waals surface area contributed by atoms with Crippen LogP contribution in [0.5, 0.6) is 0 Å². The Morgan fingerprint density at radius 1 is 1.42 bits per heavy atom. The van der Waals surface area contributed by atoms with Crippen LogP contribution in [-0.2, 0) is 13.0 Å². The topological polar surface area (TPSA) is 39.6 Å². The molecule has 1 aliphatic heterocycles. The van der Waals surface area contributed by atoms with Crippen LogP contribution in [0.2, 0.25) is 0 Å². The molecule has 1 aromatic heterocycles. The van der Waals surface area contributed by atoms with E-state index >= 15 is 0 Å². The van der Waals surface area contributed by atoms with Gasteiger partial charge in [-0.2, -0.15) is 0 Å². The zero-order chi connectivity index (χ0) is 13.8. The van der Waals surface area contributed by atoms with Crippen molar-refractivity contribution < 1.29 is 5.11 Å². The molecule has 1 aromatic rings. The minimum Gasteiger partial charge on any atom is -0.392 e. The van der Waals surface area contributed by atoms with Gasteiger partial charge in [0.2, 0.25) is 0 Å². The lowest BCUT2D eigenvalue weighted by Gasteiger charge is -2.22. The average molecular weight is 263 g/mol. The lowest BCUT2D eigenvalue weighted by atomic mass is 10.1. The molecule has 1 N–H and O–H groups in total. The van der Waals surface area contributed by atoms with Crippen molar-refractivity contribution >= 4 is 5.82 Å². The highest BCUT2D eigenvalue weighted by molar-refractivity contribution is 5.44. The van der Waals surface area contributed by atoms with E-state index in [1.807, 2.05) is 12.1 Å². The van der Waals surface area contributed by atoms with Crippen LogP contribution in [0.3, 0.4) is 0 Å². The molecule has 1 atom stereocenters. The number of aryl methyl sites for hydroxylation is 1. The summed E-state index contributed by atoms with van der Waals surface area (Å²) in [4.78, 5) is 9.36. The smallest absolute Gasteiger partial charge is 0.129 e. The SMILES string of the molecule is CCCc1cc(CO)cc(N2CCC(N(C)C)C2)n1. The number of aliphatic hydroxyl groups excluding tert-OH is 1. The van der Waals surface area contributed by atoms with E-state index < -0.39 is 0 Å². The second-order valence-electron chi connectivity index (χ2n) is 5.59. The molecule has 0 aromatic carbocycles. The van der Waals surface area contributed by atoms with E-state index in [0.717, 1.165) is 43.0 Å². The molecule has 0 amide bonds. The van der Waals surface area contributed by atoms with Gasteiger partial charge in [0.25, 0.3) is 0 Å². The van der Waals surface area contributed by atoms with Gasteiger partial charge in [0.15, 0.2) is 0 Å². The van der Waals surface area contributed by atoms with Gasteiger partial charge < -0.3 is 14.9 Å². The summed E-state index contributed by atoms with van der Waals surface area (Å²) in [5, 5.41) is 9.38. The second kappa shape index (κ2) is 6.35. The van der Waals surface area contributed by atoms with Gasteiger partial charge in [0.1, 0.15) is 5.82 Å². The molecular weight excluding hydrogens is 238 g/mol. The molecule has 0 spiro atoms. The van der Waals surface area contributed by atoms with E-state index in [-0.39, 0.29) is 6.61 Å². The van der Waals surface area contributed by atoms with Crippen LogP contribution in [0.1, 0.15) is 31.0 Å². The van der Waals surface area contributed by atoms with E-state index in [1.54, 1.807) is 0 Å². The number of aromatic nitrogens is 1. The van der Waals surface area contributed by atoms with Crippen molar-refractivity contribution in [2.24, 2.45) is 0 Å². The normalized spacial score (nSPS) is 19.4. The van der Waals surface area contributed by atoms with Gasteiger partial charge in [-0.05, 0) is 44.6 Å². The van der Waals surface area contributed by atoms with Crippen LogP contribution in [0.25, 0.3) is 0 Å². The Bertz CT molecular complexity index is 420. The lowest BCUT2D eigenvalue weighted by molar-refractivity contribution is 0.281. The molecule has 1 aliphatic rings. The minimum atomic E-state index is 0.0944. The highest BCUT2D eigenvalue weighted by Crippen LogP contribution is 2.22. The third-order valence-electron chi connectivity index (χ3n) is 3.83. The molecule has 0 radical (unpaired) electrons. The molecule has 19 heavy (non-hydrogen) atoms. The summed E-state index contributed by atoms with van der Waals surface area (Å²) in [7, 11) is 4.27. The molecule has 1 fully saturated rings. The lowest BCUT2D eigenvalue weighted by Crippen LogP contribution is -2.31. The number of hydrogen-bond donors (Lipinski definition) is 1. The van der Waals surface area contributed by atoms with Crippen molar-refractivity contribution in [1.29, 1.82) is 0 Å². The predicted octanol–water partition coefficient (Wildman–Crippen LogP) is 1.67. The molecule has 0 bridgehead atoms. The second-order valence-corrected chi connectivity index (χ2v) is 5.59. The molecule has 106 valence electrons. The first kappa shape index (κ1) is 14.3. The van der Waals surface area contributed by atoms with E-state index in [4.69, 9.17) is 4.98 Å². The van der Waals surface area contributed by atoms with Crippen LogP contribution in [0, 0.1) is 0 Å². The fraction of sp³-hybridized carbons (Fsp3) is 0.667. The number of likely N-dealkylation sites (N-methyl/N-ethyl adjacent to an activating group) is 1. The monoisotopic (exact) mass is 263 g/mol. The summed E-state index contributed by atoms with van der Waals surface area (Å²) in [6, 6.07) is 4.65. The Kier molecular flexibility index (Phi) is 4.77. The third-order valence-corrected chi connectivity index (χ3v) is 3.83. The Morgan fingerprint density at radius 3 is 2.79 bits per heavy atom. The number of rotatable bonds is 5. The standard InChI is InChI=1S/C15H25N3O/c1-4-5-13-8-12(11-19)9-15(16-13)18-7-6-14(10-18)17(2)3/h8-9,14,19H,4-7,10-11H2,1-3H3. The molecule has 2 rings (SSSR count). The predicted molar refractivity (Wildman–Crippen MR) is 78.5 cm³/mol. The molecular formula is C15H25N3O. The van der Waals surface area contributed by atoms with Crippen molar-refractivity contribution in [1.82, 2.24) is 9.88 Å². The van der Waals surface area contributed by atoms with Crippen LogP contribution in [0.15, 0.2) is 12.1 Å². The van der Waals surface area contributed by atoms with Crippen molar-refractivity contribution in [3.8, 4) is 0 Å². The quantitative estimate of drug-likeness (QED) is 0.877. The summed E-state index contributed by atoms with van der Waals surface area (Å²) >= 11 is 0. The molecule has 1 saturated heterocycles. The molecule has 0 aliphatic carbocycles. The summed E-state index contributed by atoms with van der Waals surface area (Å²) in [6.07, 6.45) is 3.24. The van der Waals surface area contributed by atoms with Crippen molar-refractivity contribution in [3.05, 3.63) is 23.4 Å². The van der Waals surface area contributed by atoms with Gasteiger partial charge in [-0.15, -0.1) is 0 Å². The van der Waals surface area contributed by atoms with Gasteiger partial charge in [0.05, 0.1) is 6.61 Å². The van der Waals surface area contributed by atoms with Crippen molar-refractivity contribution in [2.75, 3.05) is 32.1 Å². The number of pyridine rings is 1. The maximum atomic E-state index is 9.38. The van der Waals surface area contributed by atoms with E-state index in [1.165, 1.54) is 6.42 Å². The van der Waals surface area contributed by atoms with Crippen LogP contribution in [-0.4, -0.2) is 48.2 Å². The zero-order valence-corrected chi connectivity index (χ0v) is 12.3. The minimum absolute atomic E-state index is 0.0944. The largest absolute Gasteiger partial charge is 0.392 e. The molecule has 4 nitrogen and oxygen atoms in total. The highest BCUT2D eigenvalue weighted by atomic mass is 16.3. The summed E-state index contributed by atoms with van der Waals surface area (Å²) in [6.45, 7) is 4.33. The first-order valence-electron chi connectivity index (χ1n) is 7.16. The molecule has 1 unspecified atom stereocenters. The first-order valence-corrected chi connectivity index (χ1v) is 7.16. The van der Waals surface area contributed by atoms with Crippen LogP contribution in [0.4, 0.5) is 5.82 Å². The first-order chi connectivity index (χ1) is 9.13. The van der Waals surface area contributed by atoms with E-state index in [0.29, 0.717) is 6.04 Å². The Morgan fingerprint density at radius 2 is 2.21 bits per heavy atom. The fourth-order valence-electron chi connectivity index (χ4n) is 2.64. The van der Waals surface area contributed by atoms with Gasteiger partial charge in [-0.3, -0.25) is 0 Å². The maximum absolute atomic E-state index is 9.38. The molecule has 4 heteroatoms. The van der Waals surface area contributed by atoms with Crippen molar-refractivity contribution in [3.63, 3.8) is 0 Å². The Labute approximate surface area is 116 Å². The van der Waals surface area contributed by atoms with Gasteiger partial charge in [-0.1, -0.05) is 13.3 Å². The summed E-state index contributed by atoms with van der Waals surface area (Å²) < 4.78 is 0. The van der Waals surface area contributed by atoms with Gasteiger partial charge in [0, 0.05) is 24.8 Å². The van der Waals surface area contributed by atoms with Gasteiger partial charge in [-0.25, -0.2) is 4.98 Å². The number of nitrogens with zero attached hydrogens (tertiary/aromatic N) is 3. The Hall–Kier alpha value is -1.13. The van der Waals surface area contributed by atoms with E-state index in [9.17, 15) is 5.11 Å². The van der Waals surface area contributed by atoms with E-state index in [2.05, 4.69) is 30.8 Å². The highest BCUT2D eigenvalue weighted by Gasteiger charge is 2.25. The zero-order valence-electron chi connectivity index (χ0n) is 12.3. The fourth-order valence-corrected chi connectivity index (χ4v) is 2.64. The maximum Gasteiger partial charge on any atom is 0.129 e. The van der Waals surface area contributed by atoms with Crippen LogP contribution < -0.4 is 4.90 Å². The van der Waals surface area contributed by atoms with Gasteiger partial charge >= 0.3 is 0 Å². The Balaban J connectivity index is 2.17. The number of anilines is 1. The summed E-state index contributed by atoms with van der Waals surface area (Å²) in [5.41, 5.74) is 2.07. The number of aliphatic hydroxyl groups is 1. The van der Waals surface area contributed by atoms with Crippen molar-refractivity contribution in [2.45, 2.75) is 38.8 Å². The molecule has 2 heterocycles. The number of hydrogen-bond acceptors (Lipinski definition) is 4.